The average molecular weight is 609 g/mol. The number of carbonyl (C=O) groups excluding carboxylic acids is 1. The van der Waals surface area contributed by atoms with Crippen molar-refractivity contribution in [1.29, 1.82) is 0 Å². The molecule has 206 valence electrons. The number of carbonyl (C=O) groups is 1. The number of pyridine rings is 1. The Balaban J connectivity index is 1.51. The third-order valence-electron chi connectivity index (χ3n) is 5.91. The van der Waals surface area contributed by atoms with Gasteiger partial charge in [0, 0.05) is 35.1 Å². The molecule has 1 amide bonds. The molecule has 0 saturated heterocycles. The van der Waals surface area contributed by atoms with E-state index in [1.54, 1.807) is 29.2 Å². The zero-order valence-electron chi connectivity index (χ0n) is 20.4. The number of hydrogen-bond acceptors (Lipinski definition) is 7. The van der Waals surface area contributed by atoms with Crippen molar-refractivity contribution in [2.75, 3.05) is 7.11 Å². The van der Waals surface area contributed by atoms with Crippen molar-refractivity contribution in [2.24, 2.45) is 0 Å². The Kier molecular flexibility index (Phi) is 7.67. The molecule has 1 N–H and O–H groups in total. The molecule has 0 radical (unpaired) electrons. The lowest BCUT2D eigenvalue weighted by Crippen LogP contribution is -2.32. The Morgan fingerprint density at radius 3 is 2.35 bits per heavy atom. The molecule has 2 aromatic carbocycles. The lowest BCUT2D eigenvalue weighted by Gasteiger charge is -2.18. The molecule has 0 atom stereocenters. The minimum absolute atomic E-state index is 0.0652. The first-order valence-electron chi connectivity index (χ1n) is 11.4. The van der Waals surface area contributed by atoms with Gasteiger partial charge in [-0.15, -0.1) is 0 Å². The van der Waals surface area contributed by atoms with Crippen LogP contribution in [0.3, 0.4) is 0 Å². The summed E-state index contributed by atoms with van der Waals surface area (Å²) in [6, 6.07) is 10.2. The summed E-state index contributed by atoms with van der Waals surface area (Å²) < 4.78 is 51.9. The number of fused-ring (bicyclic) bond motifs is 1. The summed E-state index contributed by atoms with van der Waals surface area (Å²) in [5.74, 6) is 0.222. The molecule has 14 heteroatoms. The van der Waals surface area contributed by atoms with Crippen molar-refractivity contribution in [2.45, 2.75) is 29.1 Å². The van der Waals surface area contributed by atoms with Crippen LogP contribution in [0.1, 0.15) is 27.2 Å². The van der Waals surface area contributed by atoms with Crippen LogP contribution in [0.2, 0.25) is 10.0 Å². The van der Waals surface area contributed by atoms with Gasteiger partial charge in [0.2, 0.25) is 5.88 Å². The van der Waals surface area contributed by atoms with Crippen LogP contribution in [0.5, 0.6) is 17.4 Å². The van der Waals surface area contributed by atoms with Crippen LogP contribution in [0.25, 0.3) is 0 Å². The molecular formula is C26H17Cl2F3N4O4S. The Labute approximate surface area is 239 Å². The molecule has 0 unspecified atom stereocenters. The van der Waals surface area contributed by atoms with Gasteiger partial charge in [-0.25, -0.2) is 9.97 Å². The number of H-pyrrole nitrogens is 1. The highest BCUT2D eigenvalue weighted by molar-refractivity contribution is 7.99. The number of amides is 1. The van der Waals surface area contributed by atoms with E-state index in [1.807, 2.05) is 0 Å². The van der Waals surface area contributed by atoms with Gasteiger partial charge in [-0.1, -0.05) is 41.0 Å². The van der Waals surface area contributed by atoms with E-state index in [0.717, 1.165) is 0 Å². The van der Waals surface area contributed by atoms with Crippen LogP contribution in [-0.2, 0) is 19.3 Å². The number of benzene rings is 2. The van der Waals surface area contributed by atoms with E-state index in [1.165, 1.54) is 36.7 Å². The number of rotatable bonds is 6. The fraction of sp³-hybridized carbons (Fsp3) is 0.154. The highest BCUT2D eigenvalue weighted by Crippen LogP contribution is 2.42. The van der Waals surface area contributed by atoms with Crippen molar-refractivity contribution >= 4 is 40.9 Å². The highest BCUT2D eigenvalue weighted by atomic mass is 35.5. The number of aromatic amines is 1. The number of nitrogens with zero attached hydrogens (tertiary/aromatic N) is 3. The van der Waals surface area contributed by atoms with Crippen molar-refractivity contribution < 1.29 is 27.4 Å². The van der Waals surface area contributed by atoms with E-state index in [2.05, 4.69) is 9.97 Å². The normalized spacial score (nSPS) is 12.8. The molecule has 0 aliphatic carbocycles. The first-order chi connectivity index (χ1) is 19.0. The third kappa shape index (κ3) is 5.60. The van der Waals surface area contributed by atoms with E-state index in [9.17, 15) is 22.8 Å². The van der Waals surface area contributed by atoms with Gasteiger partial charge in [0.1, 0.15) is 17.6 Å². The van der Waals surface area contributed by atoms with Crippen LogP contribution in [-0.4, -0.2) is 32.9 Å². The molecular weight excluding hydrogens is 592 g/mol. The number of methoxy groups -OCH3 is 1. The van der Waals surface area contributed by atoms with Crippen LogP contribution >= 0.6 is 35.0 Å². The molecule has 3 heterocycles. The van der Waals surface area contributed by atoms with Gasteiger partial charge in [-0.05, 0) is 41.5 Å². The van der Waals surface area contributed by atoms with Crippen molar-refractivity contribution in [3.63, 3.8) is 0 Å². The van der Waals surface area contributed by atoms with Crippen molar-refractivity contribution in [3.05, 3.63) is 97.8 Å². The number of halogens is 5. The maximum Gasteiger partial charge on any atom is 0.431 e. The van der Waals surface area contributed by atoms with E-state index in [4.69, 9.17) is 32.7 Å². The number of ether oxygens (including phenoxy) is 2. The molecule has 5 rings (SSSR count). The van der Waals surface area contributed by atoms with Gasteiger partial charge in [-0.2, -0.15) is 13.2 Å². The maximum atomic E-state index is 13.7. The molecule has 4 aromatic rings. The van der Waals surface area contributed by atoms with Gasteiger partial charge in [0.05, 0.1) is 17.2 Å². The monoisotopic (exact) mass is 608 g/mol. The van der Waals surface area contributed by atoms with Crippen molar-refractivity contribution in [3.8, 4) is 17.4 Å². The summed E-state index contributed by atoms with van der Waals surface area (Å²) in [4.78, 5) is 37.6. The molecule has 8 nitrogen and oxygen atoms in total. The Hall–Kier alpha value is -3.74. The first-order valence-corrected chi connectivity index (χ1v) is 13.0. The number of hydrogen-bond donors (Lipinski definition) is 1. The fourth-order valence-electron chi connectivity index (χ4n) is 4.06. The molecule has 0 bridgehead atoms. The molecule has 0 fully saturated rings. The van der Waals surface area contributed by atoms with Crippen LogP contribution < -0.4 is 15.0 Å². The molecule has 2 aromatic heterocycles. The summed E-state index contributed by atoms with van der Waals surface area (Å²) in [7, 11) is 1.46. The Morgan fingerprint density at radius 1 is 1.07 bits per heavy atom. The lowest BCUT2D eigenvalue weighted by atomic mass is 10.1. The summed E-state index contributed by atoms with van der Waals surface area (Å²) in [5, 5.41) is 0.309. The predicted octanol–water partition coefficient (Wildman–Crippen LogP) is 6.60. The highest BCUT2D eigenvalue weighted by Gasteiger charge is 2.36. The lowest BCUT2D eigenvalue weighted by molar-refractivity contribution is -0.141. The number of aromatic nitrogens is 3. The van der Waals surface area contributed by atoms with Crippen LogP contribution in [0, 0.1) is 0 Å². The second kappa shape index (κ2) is 11.0. The smallest absolute Gasteiger partial charge is 0.431 e. The molecule has 0 saturated carbocycles. The topological polar surface area (TPSA) is 97.4 Å². The van der Waals surface area contributed by atoms with Crippen LogP contribution in [0.15, 0.2) is 69.6 Å². The maximum absolute atomic E-state index is 13.7. The van der Waals surface area contributed by atoms with Gasteiger partial charge in [0.25, 0.3) is 11.5 Å². The van der Waals surface area contributed by atoms with Crippen LogP contribution in [0.4, 0.5) is 13.2 Å². The predicted molar refractivity (Wildman–Crippen MR) is 141 cm³/mol. The SMILES string of the molecule is COc1cc2c(cc1Oc1ccncn1)CN(C(=O)c1c(Sc3c(Cl)cccc3Cl)cc(C(F)(F)F)[nH]c1=O)C2. The summed E-state index contributed by atoms with van der Waals surface area (Å²) in [5.41, 5.74) is -1.55. The molecule has 40 heavy (non-hydrogen) atoms. The molecule has 0 spiro atoms. The fourth-order valence-corrected chi connectivity index (χ4v) is 5.70. The van der Waals surface area contributed by atoms with E-state index < -0.39 is 28.9 Å². The van der Waals surface area contributed by atoms with E-state index >= 15 is 0 Å². The summed E-state index contributed by atoms with van der Waals surface area (Å²) >= 11 is 13.2. The van der Waals surface area contributed by atoms with Gasteiger partial charge < -0.3 is 19.4 Å². The Bertz CT molecular complexity index is 1650. The average Bonchev–Trinajstić information content (AvgIpc) is 3.33. The largest absolute Gasteiger partial charge is 0.493 e. The molecule has 1 aliphatic heterocycles. The minimum Gasteiger partial charge on any atom is -0.493 e. The summed E-state index contributed by atoms with van der Waals surface area (Å²) in [6.45, 7) is 0.144. The molecule has 1 aliphatic rings. The van der Waals surface area contributed by atoms with Gasteiger partial charge in [0.15, 0.2) is 11.5 Å². The standard InChI is InChI=1S/C26H17Cl2F3N4O4S/c1-38-17-7-13-10-35(11-14(13)8-18(17)39-21-5-6-32-12-33-21)25(37)22-19(9-20(26(29,30)31)34-24(22)36)40-23-15(27)3-2-4-16(23)28/h2-9,12H,10-11H2,1H3,(H,34,36). The van der Waals surface area contributed by atoms with Gasteiger partial charge >= 0.3 is 6.18 Å². The minimum atomic E-state index is -4.86. The van der Waals surface area contributed by atoms with Crippen molar-refractivity contribution in [1.82, 2.24) is 19.9 Å². The summed E-state index contributed by atoms with van der Waals surface area (Å²) in [6.07, 6.45) is -2.03. The second-order valence-electron chi connectivity index (χ2n) is 8.48. The van der Waals surface area contributed by atoms with E-state index in [0.29, 0.717) is 40.5 Å². The Morgan fingerprint density at radius 2 is 1.75 bits per heavy atom. The van der Waals surface area contributed by atoms with E-state index in [-0.39, 0.29) is 38.8 Å². The second-order valence-corrected chi connectivity index (χ2v) is 10.4. The number of nitrogens with one attached hydrogen (secondary N) is 1. The van der Waals surface area contributed by atoms with Gasteiger partial charge in [-0.3, -0.25) is 9.59 Å². The zero-order valence-corrected chi connectivity index (χ0v) is 22.7. The quantitative estimate of drug-likeness (QED) is 0.263. The first kappa shape index (κ1) is 27.8. The zero-order chi connectivity index (χ0) is 28.6. The third-order valence-corrected chi connectivity index (χ3v) is 7.95. The number of alkyl halides is 3.